The van der Waals surface area contributed by atoms with Crippen LogP contribution in [0, 0.1) is 5.92 Å². The summed E-state index contributed by atoms with van der Waals surface area (Å²) in [6, 6.07) is 8.16. The summed E-state index contributed by atoms with van der Waals surface area (Å²) in [6.45, 7) is 5.67. The molecule has 0 radical (unpaired) electrons. The number of hydrogen-bond donors (Lipinski definition) is 1. The number of benzene rings is 1. The summed E-state index contributed by atoms with van der Waals surface area (Å²) in [5.74, 6) is 0.305. The summed E-state index contributed by atoms with van der Waals surface area (Å²) in [4.78, 5) is 28.7. The van der Waals surface area contributed by atoms with E-state index >= 15 is 0 Å². The number of likely N-dealkylation sites (tertiary alicyclic amines) is 1. The van der Waals surface area contributed by atoms with E-state index in [0.29, 0.717) is 19.5 Å². The number of piperidine rings is 1. The molecule has 2 saturated heterocycles. The van der Waals surface area contributed by atoms with Crippen molar-refractivity contribution < 1.29 is 9.59 Å². The lowest BCUT2D eigenvalue weighted by molar-refractivity contribution is -0.134. The SMILES string of the molecule is CCCC(=O)N1CCC(C(=O)Nc2ccc(N3CCCC3)cc2)CC1. The monoisotopic (exact) mass is 343 g/mol. The van der Waals surface area contributed by atoms with E-state index < -0.39 is 0 Å². The van der Waals surface area contributed by atoms with Gasteiger partial charge in [-0.15, -0.1) is 0 Å². The Hall–Kier alpha value is -2.04. The van der Waals surface area contributed by atoms with Crippen LogP contribution >= 0.6 is 0 Å². The van der Waals surface area contributed by atoms with Crippen LogP contribution in [0.2, 0.25) is 0 Å². The maximum Gasteiger partial charge on any atom is 0.227 e. The standard InChI is InChI=1S/C20H29N3O2/c1-2-5-19(24)23-14-10-16(11-15-23)20(25)21-17-6-8-18(9-7-17)22-12-3-4-13-22/h6-9,16H,2-5,10-15H2,1H3,(H,21,25). The highest BCUT2D eigenvalue weighted by Gasteiger charge is 2.27. The smallest absolute Gasteiger partial charge is 0.227 e. The lowest BCUT2D eigenvalue weighted by atomic mass is 9.95. The minimum Gasteiger partial charge on any atom is -0.372 e. The van der Waals surface area contributed by atoms with Crippen LogP contribution in [0.25, 0.3) is 0 Å². The number of hydrogen-bond acceptors (Lipinski definition) is 3. The first-order chi connectivity index (χ1) is 12.2. The van der Waals surface area contributed by atoms with Gasteiger partial charge in [-0.2, -0.15) is 0 Å². The molecule has 2 aliphatic rings. The highest BCUT2D eigenvalue weighted by Crippen LogP contribution is 2.24. The summed E-state index contributed by atoms with van der Waals surface area (Å²) >= 11 is 0. The van der Waals surface area contributed by atoms with Crippen LogP contribution in [-0.2, 0) is 9.59 Å². The van der Waals surface area contributed by atoms with E-state index in [1.54, 1.807) is 0 Å². The second-order valence-corrected chi connectivity index (χ2v) is 7.14. The van der Waals surface area contributed by atoms with Crippen molar-refractivity contribution in [1.29, 1.82) is 0 Å². The van der Waals surface area contributed by atoms with Crippen LogP contribution in [-0.4, -0.2) is 42.9 Å². The molecule has 2 heterocycles. The number of rotatable bonds is 5. The Kier molecular flexibility index (Phi) is 5.95. The lowest BCUT2D eigenvalue weighted by Crippen LogP contribution is -2.41. The topological polar surface area (TPSA) is 52.7 Å². The van der Waals surface area contributed by atoms with E-state index in [1.807, 2.05) is 24.0 Å². The molecule has 0 spiro atoms. The van der Waals surface area contributed by atoms with Gasteiger partial charge in [0.2, 0.25) is 11.8 Å². The van der Waals surface area contributed by atoms with Gasteiger partial charge in [-0.25, -0.2) is 0 Å². The van der Waals surface area contributed by atoms with Crippen molar-refractivity contribution in [3.8, 4) is 0 Å². The summed E-state index contributed by atoms with van der Waals surface area (Å²) in [7, 11) is 0. The van der Waals surface area contributed by atoms with Crippen molar-refractivity contribution in [3.63, 3.8) is 0 Å². The molecular formula is C20H29N3O2. The quantitative estimate of drug-likeness (QED) is 0.893. The molecule has 1 N–H and O–H groups in total. The van der Waals surface area contributed by atoms with Crippen molar-refractivity contribution in [2.75, 3.05) is 36.4 Å². The van der Waals surface area contributed by atoms with Gasteiger partial charge in [-0.05, 0) is 56.4 Å². The Labute approximate surface area is 150 Å². The van der Waals surface area contributed by atoms with Gasteiger partial charge in [0.15, 0.2) is 0 Å². The number of amides is 2. The largest absolute Gasteiger partial charge is 0.372 e. The summed E-state index contributed by atoms with van der Waals surface area (Å²) in [5, 5.41) is 3.04. The molecule has 25 heavy (non-hydrogen) atoms. The van der Waals surface area contributed by atoms with Crippen LogP contribution in [0.15, 0.2) is 24.3 Å². The first-order valence-corrected chi connectivity index (χ1v) is 9.61. The number of nitrogens with zero attached hydrogens (tertiary/aromatic N) is 2. The highest BCUT2D eigenvalue weighted by atomic mass is 16.2. The second kappa shape index (κ2) is 8.37. The molecule has 2 fully saturated rings. The van der Waals surface area contributed by atoms with Crippen LogP contribution in [0.1, 0.15) is 45.4 Å². The Balaban J connectivity index is 1.48. The Bertz CT molecular complexity index is 585. The number of carbonyl (C=O) groups excluding carboxylic acids is 2. The van der Waals surface area contributed by atoms with E-state index in [2.05, 4.69) is 22.3 Å². The fraction of sp³-hybridized carbons (Fsp3) is 0.600. The van der Waals surface area contributed by atoms with Crippen LogP contribution < -0.4 is 10.2 Å². The average Bonchev–Trinajstić information content (AvgIpc) is 3.17. The number of carbonyl (C=O) groups is 2. The maximum atomic E-state index is 12.5. The van der Waals surface area contributed by atoms with Crippen molar-refractivity contribution >= 4 is 23.2 Å². The van der Waals surface area contributed by atoms with Gasteiger partial charge in [-0.3, -0.25) is 9.59 Å². The van der Waals surface area contributed by atoms with Crippen LogP contribution in [0.4, 0.5) is 11.4 Å². The van der Waals surface area contributed by atoms with Crippen LogP contribution in [0.3, 0.4) is 0 Å². The third-order valence-electron chi connectivity index (χ3n) is 5.29. The molecule has 0 aliphatic carbocycles. The zero-order chi connectivity index (χ0) is 17.6. The summed E-state index contributed by atoms with van der Waals surface area (Å²) < 4.78 is 0. The molecule has 0 unspecified atom stereocenters. The molecule has 3 rings (SSSR count). The van der Waals surface area contributed by atoms with E-state index in [9.17, 15) is 9.59 Å². The third-order valence-corrected chi connectivity index (χ3v) is 5.29. The minimum absolute atomic E-state index is 0.00364. The van der Waals surface area contributed by atoms with Crippen molar-refractivity contribution in [2.45, 2.75) is 45.4 Å². The van der Waals surface area contributed by atoms with E-state index in [4.69, 9.17) is 0 Å². The first kappa shape index (κ1) is 17.8. The molecule has 2 aliphatic heterocycles. The van der Waals surface area contributed by atoms with Gasteiger partial charge >= 0.3 is 0 Å². The Morgan fingerprint density at radius 1 is 1.04 bits per heavy atom. The van der Waals surface area contributed by atoms with Crippen molar-refractivity contribution in [2.24, 2.45) is 5.92 Å². The van der Waals surface area contributed by atoms with E-state index in [-0.39, 0.29) is 17.7 Å². The molecule has 5 nitrogen and oxygen atoms in total. The molecule has 5 heteroatoms. The molecule has 1 aromatic rings. The fourth-order valence-corrected chi connectivity index (χ4v) is 3.74. The molecule has 136 valence electrons. The van der Waals surface area contributed by atoms with Gasteiger partial charge in [0.25, 0.3) is 0 Å². The fourth-order valence-electron chi connectivity index (χ4n) is 3.74. The Morgan fingerprint density at radius 3 is 2.28 bits per heavy atom. The molecular weight excluding hydrogens is 314 g/mol. The van der Waals surface area contributed by atoms with Gasteiger partial charge in [0, 0.05) is 49.9 Å². The zero-order valence-corrected chi connectivity index (χ0v) is 15.2. The van der Waals surface area contributed by atoms with Crippen molar-refractivity contribution in [1.82, 2.24) is 4.90 Å². The summed E-state index contributed by atoms with van der Waals surface area (Å²) in [5.41, 5.74) is 2.09. The Morgan fingerprint density at radius 2 is 1.68 bits per heavy atom. The molecule has 0 atom stereocenters. The third kappa shape index (κ3) is 4.53. The second-order valence-electron chi connectivity index (χ2n) is 7.14. The predicted molar refractivity (Wildman–Crippen MR) is 101 cm³/mol. The van der Waals surface area contributed by atoms with Gasteiger partial charge in [0.1, 0.15) is 0 Å². The van der Waals surface area contributed by atoms with E-state index in [0.717, 1.165) is 38.0 Å². The average molecular weight is 343 g/mol. The number of anilines is 2. The molecule has 0 aromatic heterocycles. The van der Waals surface area contributed by atoms with Crippen LogP contribution in [0.5, 0.6) is 0 Å². The molecule has 0 bridgehead atoms. The zero-order valence-electron chi connectivity index (χ0n) is 15.2. The van der Waals surface area contributed by atoms with Gasteiger partial charge < -0.3 is 15.1 Å². The molecule has 0 saturated carbocycles. The predicted octanol–water partition coefficient (Wildman–Crippen LogP) is 3.26. The highest BCUT2D eigenvalue weighted by molar-refractivity contribution is 5.93. The first-order valence-electron chi connectivity index (χ1n) is 9.61. The van der Waals surface area contributed by atoms with Gasteiger partial charge in [0.05, 0.1) is 0 Å². The lowest BCUT2D eigenvalue weighted by Gasteiger charge is -2.31. The van der Waals surface area contributed by atoms with Crippen molar-refractivity contribution in [3.05, 3.63) is 24.3 Å². The van der Waals surface area contributed by atoms with E-state index in [1.165, 1.54) is 18.5 Å². The maximum absolute atomic E-state index is 12.5. The van der Waals surface area contributed by atoms with Gasteiger partial charge in [-0.1, -0.05) is 6.92 Å². The molecule has 1 aromatic carbocycles. The summed E-state index contributed by atoms with van der Waals surface area (Å²) in [6.07, 6.45) is 5.53. The minimum atomic E-state index is 0.00364. The number of nitrogens with one attached hydrogen (secondary N) is 1. The normalized spacial score (nSPS) is 18.4. The molecule has 2 amide bonds.